The zero-order valence-electron chi connectivity index (χ0n) is 12.8. The highest BCUT2D eigenvalue weighted by Gasteiger charge is 1.98. The minimum absolute atomic E-state index is 0.0698. The number of hydrogen-bond acceptors (Lipinski definition) is 7. The number of carbonyl (C=O) groups is 1. The monoisotopic (exact) mass is 308 g/mol. The molecule has 0 aliphatic rings. The number of nitrogens with two attached hydrogens (primary N) is 1. The molecule has 0 unspecified atom stereocenters. The number of ether oxygens (including phenoxy) is 5. The van der Waals surface area contributed by atoms with Crippen LogP contribution in [0.5, 0.6) is 0 Å². The Labute approximate surface area is 126 Å². The van der Waals surface area contributed by atoms with Gasteiger partial charge < -0.3 is 34.7 Å². The average molecular weight is 308 g/mol. The van der Waals surface area contributed by atoms with Crippen LogP contribution in [0.4, 0.5) is 0 Å². The van der Waals surface area contributed by atoms with Crippen LogP contribution in [0.25, 0.3) is 0 Å². The highest BCUT2D eigenvalue weighted by Crippen LogP contribution is 1.82. The third-order valence-electron chi connectivity index (χ3n) is 2.22. The summed E-state index contributed by atoms with van der Waals surface area (Å²) in [7, 11) is 1.48. The van der Waals surface area contributed by atoms with Crippen molar-refractivity contribution in [3.05, 3.63) is 0 Å². The van der Waals surface area contributed by atoms with E-state index >= 15 is 0 Å². The number of amides is 1. The number of hydrogen-bond donors (Lipinski definition) is 2. The van der Waals surface area contributed by atoms with E-state index in [1.54, 1.807) is 0 Å². The van der Waals surface area contributed by atoms with Crippen LogP contribution in [-0.4, -0.2) is 85.6 Å². The van der Waals surface area contributed by atoms with Gasteiger partial charge in [-0.2, -0.15) is 0 Å². The Morgan fingerprint density at radius 2 is 1.33 bits per heavy atom. The van der Waals surface area contributed by atoms with E-state index in [1.165, 1.54) is 7.11 Å². The molecule has 0 saturated carbocycles. The van der Waals surface area contributed by atoms with Gasteiger partial charge in [0.1, 0.15) is 6.61 Å². The highest BCUT2D eigenvalue weighted by atomic mass is 16.6. The van der Waals surface area contributed by atoms with E-state index in [-0.39, 0.29) is 12.5 Å². The van der Waals surface area contributed by atoms with E-state index in [0.717, 1.165) is 0 Å². The summed E-state index contributed by atoms with van der Waals surface area (Å²) in [5, 5.41) is 2.65. The lowest BCUT2D eigenvalue weighted by atomic mass is 10.6. The van der Waals surface area contributed by atoms with Crippen molar-refractivity contribution >= 4 is 5.91 Å². The van der Waals surface area contributed by atoms with Crippen LogP contribution in [0, 0.1) is 0 Å². The van der Waals surface area contributed by atoms with Crippen LogP contribution in [0.3, 0.4) is 0 Å². The molecule has 21 heavy (non-hydrogen) atoms. The maximum absolute atomic E-state index is 11.0. The minimum atomic E-state index is -0.148. The van der Waals surface area contributed by atoms with Crippen molar-refractivity contribution in [3.63, 3.8) is 0 Å². The first-order valence-electron chi connectivity index (χ1n) is 7.08. The largest absolute Gasteiger partial charge is 0.378 e. The molecule has 3 N–H and O–H groups in total. The van der Waals surface area contributed by atoms with Crippen molar-refractivity contribution in [3.8, 4) is 0 Å². The van der Waals surface area contributed by atoms with Gasteiger partial charge in [-0.1, -0.05) is 0 Å². The van der Waals surface area contributed by atoms with Crippen LogP contribution in [0.15, 0.2) is 0 Å². The van der Waals surface area contributed by atoms with Gasteiger partial charge in [0.2, 0.25) is 5.91 Å². The minimum Gasteiger partial charge on any atom is -0.378 e. The van der Waals surface area contributed by atoms with Crippen LogP contribution in [0.1, 0.15) is 0 Å². The first kappa shape index (κ1) is 20.2. The van der Waals surface area contributed by atoms with Gasteiger partial charge in [0.15, 0.2) is 0 Å². The average Bonchev–Trinajstić information content (AvgIpc) is 2.48. The van der Waals surface area contributed by atoms with Gasteiger partial charge in [0, 0.05) is 20.2 Å². The Kier molecular flexibility index (Phi) is 16.6. The molecular formula is C13H28N2O6. The van der Waals surface area contributed by atoms with Crippen molar-refractivity contribution in [1.29, 1.82) is 0 Å². The summed E-state index contributed by atoms with van der Waals surface area (Å²) < 4.78 is 25.7. The number of methoxy groups -OCH3 is 1. The number of carbonyl (C=O) groups excluding carboxylic acids is 1. The van der Waals surface area contributed by atoms with Gasteiger partial charge >= 0.3 is 0 Å². The first-order valence-corrected chi connectivity index (χ1v) is 7.08. The summed E-state index contributed by atoms with van der Waals surface area (Å²) in [6.45, 7) is 5.20. The standard InChI is InChI=1S/C13H28N2O6/c1-17-12-13(16)15-3-5-19-7-9-21-11-10-20-8-6-18-4-2-14/h2-12,14H2,1H3,(H,15,16). The molecule has 8 nitrogen and oxygen atoms in total. The van der Waals surface area contributed by atoms with Gasteiger partial charge in [-0.3, -0.25) is 4.79 Å². The van der Waals surface area contributed by atoms with Crippen molar-refractivity contribution < 1.29 is 28.5 Å². The lowest BCUT2D eigenvalue weighted by Gasteiger charge is -2.07. The summed E-state index contributed by atoms with van der Waals surface area (Å²) >= 11 is 0. The lowest BCUT2D eigenvalue weighted by molar-refractivity contribution is -0.125. The van der Waals surface area contributed by atoms with Gasteiger partial charge in [0.05, 0.1) is 52.9 Å². The molecule has 0 aliphatic heterocycles. The van der Waals surface area contributed by atoms with Crippen LogP contribution in [0.2, 0.25) is 0 Å². The Hall–Kier alpha value is -0.770. The molecule has 126 valence electrons. The molecule has 0 atom stereocenters. The molecule has 0 aromatic rings. The zero-order valence-corrected chi connectivity index (χ0v) is 12.8. The van der Waals surface area contributed by atoms with E-state index in [4.69, 9.17) is 24.7 Å². The quantitative estimate of drug-likeness (QED) is 0.344. The van der Waals surface area contributed by atoms with Crippen molar-refractivity contribution in [2.24, 2.45) is 5.73 Å². The molecule has 0 fully saturated rings. The molecule has 8 heteroatoms. The molecule has 0 aromatic heterocycles. The van der Waals surface area contributed by atoms with Gasteiger partial charge in [-0.05, 0) is 0 Å². The normalized spacial score (nSPS) is 10.8. The van der Waals surface area contributed by atoms with Crippen LogP contribution < -0.4 is 11.1 Å². The Balaban J connectivity index is 3.01. The molecule has 0 aromatic carbocycles. The summed E-state index contributed by atoms with van der Waals surface area (Å²) in [6, 6.07) is 0. The predicted molar refractivity (Wildman–Crippen MR) is 77.2 cm³/mol. The molecular weight excluding hydrogens is 280 g/mol. The lowest BCUT2D eigenvalue weighted by Crippen LogP contribution is -2.30. The van der Waals surface area contributed by atoms with Crippen LogP contribution >= 0.6 is 0 Å². The molecule has 0 heterocycles. The molecule has 0 radical (unpaired) electrons. The van der Waals surface area contributed by atoms with Gasteiger partial charge in [-0.15, -0.1) is 0 Å². The molecule has 0 aliphatic carbocycles. The molecule has 0 spiro atoms. The fourth-order valence-electron chi connectivity index (χ4n) is 1.29. The fourth-order valence-corrected chi connectivity index (χ4v) is 1.29. The second-order valence-corrected chi connectivity index (χ2v) is 4.02. The number of nitrogens with one attached hydrogen (secondary N) is 1. The summed E-state index contributed by atoms with van der Waals surface area (Å²) in [5.41, 5.74) is 5.27. The highest BCUT2D eigenvalue weighted by molar-refractivity contribution is 5.77. The van der Waals surface area contributed by atoms with E-state index in [1.807, 2.05) is 0 Å². The smallest absolute Gasteiger partial charge is 0.246 e. The molecule has 1 amide bonds. The van der Waals surface area contributed by atoms with Crippen molar-refractivity contribution in [2.75, 3.05) is 79.7 Å². The summed E-state index contributed by atoms with van der Waals surface area (Å²) in [5.74, 6) is -0.148. The summed E-state index contributed by atoms with van der Waals surface area (Å²) in [6.07, 6.45) is 0. The van der Waals surface area contributed by atoms with E-state index in [2.05, 4.69) is 10.1 Å². The fraction of sp³-hybridized carbons (Fsp3) is 0.923. The number of rotatable bonds is 16. The first-order chi connectivity index (χ1) is 10.3. The van der Waals surface area contributed by atoms with Crippen molar-refractivity contribution in [1.82, 2.24) is 5.32 Å². The van der Waals surface area contributed by atoms with Crippen LogP contribution in [-0.2, 0) is 28.5 Å². The maximum atomic E-state index is 11.0. The third-order valence-corrected chi connectivity index (χ3v) is 2.22. The second kappa shape index (κ2) is 17.3. The topological polar surface area (TPSA) is 101 Å². The second-order valence-electron chi connectivity index (χ2n) is 4.02. The Morgan fingerprint density at radius 3 is 1.81 bits per heavy atom. The maximum Gasteiger partial charge on any atom is 0.246 e. The van der Waals surface area contributed by atoms with Gasteiger partial charge in [-0.25, -0.2) is 0 Å². The molecule has 0 rings (SSSR count). The SMILES string of the molecule is COCC(=O)NCCOCCOCCOCCOCCN. The van der Waals surface area contributed by atoms with Crippen molar-refractivity contribution in [2.45, 2.75) is 0 Å². The summed E-state index contributed by atoms with van der Waals surface area (Å²) in [4.78, 5) is 11.0. The molecule has 0 saturated heterocycles. The van der Waals surface area contributed by atoms with E-state index < -0.39 is 0 Å². The zero-order chi connectivity index (χ0) is 15.6. The molecule has 0 bridgehead atoms. The van der Waals surface area contributed by atoms with E-state index in [9.17, 15) is 4.79 Å². The Bertz CT molecular complexity index is 231. The third kappa shape index (κ3) is 17.2. The predicted octanol–water partition coefficient (Wildman–Crippen LogP) is -1.23. The van der Waals surface area contributed by atoms with Gasteiger partial charge in [0.25, 0.3) is 0 Å². The Morgan fingerprint density at radius 1 is 0.857 bits per heavy atom. The van der Waals surface area contributed by atoms with E-state index in [0.29, 0.717) is 65.9 Å².